The highest BCUT2D eigenvalue weighted by Crippen LogP contribution is 2.26. The second-order valence-corrected chi connectivity index (χ2v) is 3.62. The van der Waals surface area contributed by atoms with Gasteiger partial charge in [-0.2, -0.15) is 0 Å². The maximum atomic E-state index is 5.54. The maximum Gasteiger partial charge on any atom is 0.150 e. The monoisotopic (exact) mass is 209 g/mol. The molecule has 0 saturated heterocycles. The number of hydrogen-bond donors (Lipinski definition) is 1. The Balaban J connectivity index is 2.54. The lowest BCUT2D eigenvalue weighted by Crippen LogP contribution is -1.82. The summed E-state index contributed by atoms with van der Waals surface area (Å²) in [5.74, 6) is 0.847. The van der Waals surface area contributed by atoms with Crippen molar-refractivity contribution in [1.29, 1.82) is 0 Å². The second kappa shape index (κ2) is 3.74. The molecule has 2 heterocycles. The predicted molar refractivity (Wildman–Crippen MR) is 64.8 cm³/mol. The molecule has 2 aliphatic rings. The summed E-state index contributed by atoms with van der Waals surface area (Å²) in [6.45, 7) is 0. The van der Waals surface area contributed by atoms with E-state index in [1.165, 1.54) is 10.8 Å². The van der Waals surface area contributed by atoms with Crippen LogP contribution in [0.2, 0.25) is 0 Å². The molecule has 0 atom stereocenters. The summed E-state index contributed by atoms with van der Waals surface area (Å²) in [7, 11) is 0. The van der Waals surface area contributed by atoms with Gasteiger partial charge in [-0.25, -0.2) is 0 Å². The van der Waals surface area contributed by atoms with Crippen LogP contribution in [0.4, 0.5) is 0 Å². The van der Waals surface area contributed by atoms with Crippen LogP contribution in [0, 0.1) is 0 Å². The highest BCUT2D eigenvalue weighted by molar-refractivity contribution is 5.94. The molecule has 2 heteroatoms. The number of benzene rings is 1. The molecule has 3 rings (SSSR count). The number of pyridine rings is 1. The van der Waals surface area contributed by atoms with E-state index in [1.54, 1.807) is 6.26 Å². The number of aromatic nitrogens is 1. The first kappa shape index (κ1) is 9.04. The van der Waals surface area contributed by atoms with E-state index in [9.17, 15) is 0 Å². The zero-order valence-corrected chi connectivity index (χ0v) is 8.68. The lowest BCUT2D eigenvalue weighted by molar-refractivity contribution is 0.567. The number of fused-ring (bicyclic) bond motifs is 3. The Morgan fingerprint density at radius 1 is 0.938 bits per heavy atom. The molecule has 0 spiro atoms. The fourth-order valence-electron chi connectivity index (χ4n) is 1.88. The largest absolute Gasteiger partial charge is 0.463 e. The van der Waals surface area contributed by atoms with E-state index < -0.39 is 0 Å². The summed E-state index contributed by atoms with van der Waals surface area (Å²) in [6, 6.07) is 14.3. The molecule has 1 N–H and O–H groups in total. The summed E-state index contributed by atoms with van der Waals surface area (Å²) >= 11 is 0. The second-order valence-electron chi connectivity index (χ2n) is 3.62. The maximum absolute atomic E-state index is 5.54. The van der Waals surface area contributed by atoms with Crippen LogP contribution in [0.5, 0.6) is 0 Å². The Hall–Kier alpha value is -2.22. The first-order valence-corrected chi connectivity index (χ1v) is 5.21. The van der Waals surface area contributed by atoms with E-state index in [4.69, 9.17) is 4.42 Å². The molecule has 0 aliphatic carbocycles. The Kier molecular flexibility index (Phi) is 2.11. The Labute approximate surface area is 93.2 Å². The van der Waals surface area contributed by atoms with Gasteiger partial charge in [-0.15, -0.1) is 0 Å². The molecule has 1 aromatic carbocycles. The van der Waals surface area contributed by atoms with E-state index in [0.717, 1.165) is 11.3 Å². The minimum atomic E-state index is 0.847. The van der Waals surface area contributed by atoms with Crippen molar-refractivity contribution in [2.24, 2.45) is 0 Å². The van der Waals surface area contributed by atoms with Crippen molar-refractivity contribution in [3.63, 3.8) is 0 Å². The van der Waals surface area contributed by atoms with Crippen molar-refractivity contribution in [3.05, 3.63) is 61.1 Å². The molecule has 2 nitrogen and oxygen atoms in total. The van der Waals surface area contributed by atoms with Gasteiger partial charge < -0.3 is 9.40 Å². The zero-order chi connectivity index (χ0) is 10.8. The molecule has 0 unspecified atom stereocenters. The Morgan fingerprint density at radius 3 is 2.81 bits per heavy atom. The van der Waals surface area contributed by atoms with Crippen LogP contribution in [-0.2, 0) is 0 Å². The minimum Gasteiger partial charge on any atom is -0.463 e. The molecule has 0 bridgehead atoms. The van der Waals surface area contributed by atoms with Crippen molar-refractivity contribution >= 4 is 10.8 Å². The molecule has 0 fully saturated rings. The van der Waals surface area contributed by atoms with Crippen molar-refractivity contribution in [2.45, 2.75) is 0 Å². The number of nitrogens with one attached hydrogen (secondary N) is 1. The smallest absolute Gasteiger partial charge is 0.150 e. The SMILES string of the molecule is c1ccc2c3cc[nH]cc-3occcc2c1. The normalized spacial score (nSPS) is 10.5. The average Bonchev–Trinajstić information content (AvgIpc) is 2.33. The molecule has 16 heavy (non-hydrogen) atoms. The van der Waals surface area contributed by atoms with Gasteiger partial charge in [-0.1, -0.05) is 30.3 Å². The topological polar surface area (TPSA) is 28.9 Å². The van der Waals surface area contributed by atoms with Crippen LogP contribution in [0.1, 0.15) is 0 Å². The summed E-state index contributed by atoms with van der Waals surface area (Å²) < 4.78 is 5.54. The standard InChI is InChI=1S/C14H11NO/c1-2-6-12-11(4-1)5-3-9-16-14-10-15-8-7-13(12)14/h1-10,15H. The van der Waals surface area contributed by atoms with Gasteiger partial charge in [0.05, 0.1) is 6.26 Å². The first-order valence-electron chi connectivity index (χ1n) is 5.21. The van der Waals surface area contributed by atoms with Crippen molar-refractivity contribution in [1.82, 2.24) is 4.98 Å². The average molecular weight is 209 g/mol. The summed E-state index contributed by atoms with van der Waals surface area (Å²) in [4.78, 5) is 3.03. The van der Waals surface area contributed by atoms with Crippen LogP contribution < -0.4 is 0 Å². The summed E-state index contributed by atoms with van der Waals surface area (Å²) in [6.07, 6.45) is 5.47. The lowest BCUT2D eigenvalue weighted by atomic mass is 10.1. The third-order valence-corrected chi connectivity index (χ3v) is 2.63. The van der Waals surface area contributed by atoms with Gasteiger partial charge in [0.15, 0.2) is 0 Å². The molecular formula is C14H11NO. The zero-order valence-electron chi connectivity index (χ0n) is 8.68. The van der Waals surface area contributed by atoms with E-state index in [1.807, 2.05) is 36.7 Å². The molecule has 0 amide bonds. The van der Waals surface area contributed by atoms with Crippen LogP contribution in [-0.4, -0.2) is 4.98 Å². The fourth-order valence-corrected chi connectivity index (χ4v) is 1.88. The van der Waals surface area contributed by atoms with Gasteiger partial charge in [-0.3, -0.25) is 0 Å². The molecule has 0 aromatic heterocycles. The van der Waals surface area contributed by atoms with Crippen LogP contribution in [0.15, 0.2) is 65.5 Å². The van der Waals surface area contributed by atoms with E-state index in [0.29, 0.717) is 0 Å². The van der Waals surface area contributed by atoms with Gasteiger partial charge in [0.25, 0.3) is 0 Å². The third kappa shape index (κ3) is 1.44. The van der Waals surface area contributed by atoms with Gasteiger partial charge in [0.1, 0.15) is 5.76 Å². The van der Waals surface area contributed by atoms with Gasteiger partial charge >= 0.3 is 0 Å². The number of rotatable bonds is 0. The van der Waals surface area contributed by atoms with E-state index in [2.05, 4.69) is 23.2 Å². The quantitative estimate of drug-likeness (QED) is 0.595. The number of hydrogen-bond acceptors (Lipinski definition) is 1. The molecule has 0 saturated carbocycles. The van der Waals surface area contributed by atoms with Gasteiger partial charge in [0.2, 0.25) is 0 Å². The lowest BCUT2D eigenvalue weighted by Gasteiger charge is -2.04. The van der Waals surface area contributed by atoms with Crippen molar-refractivity contribution < 1.29 is 4.42 Å². The summed E-state index contributed by atoms with van der Waals surface area (Å²) in [5.41, 5.74) is 1.11. The Bertz CT molecular complexity index is 634. The van der Waals surface area contributed by atoms with Crippen molar-refractivity contribution in [3.8, 4) is 11.3 Å². The minimum absolute atomic E-state index is 0.847. The highest BCUT2D eigenvalue weighted by Gasteiger charge is 2.03. The van der Waals surface area contributed by atoms with Crippen LogP contribution in [0.3, 0.4) is 0 Å². The van der Waals surface area contributed by atoms with Crippen LogP contribution >= 0.6 is 0 Å². The highest BCUT2D eigenvalue weighted by atomic mass is 16.3. The molecule has 0 radical (unpaired) electrons. The summed E-state index contributed by atoms with van der Waals surface area (Å²) in [5, 5.41) is 2.39. The van der Waals surface area contributed by atoms with E-state index in [-0.39, 0.29) is 0 Å². The molecule has 1 aromatic rings. The van der Waals surface area contributed by atoms with Gasteiger partial charge in [-0.05, 0) is 22.9 Å². The fraction of sp³-hybridized carbons (Fsp3) is 0. The third-order valence-electron chi connectivity index (χ3n) is 2.63. The van der Waals surface area contributed by atoms with Gasteiger partial charge in [0, 0.05) is 18.0 Å². The molecule has 2 aliphatic heterocycles. The van der Waals surface area contributed by atoms with E-state index >= 15 is 0 Å². The molecule has 78 valence electrons. The Morgan fingerprint density at radius 2 is 1.81 bits per heavy atom. The van der Waals surface area contributed by atoms with Crippen molar-refractivity contribution in [2.75, 3.05) is 0 Å². The molecular weight excluding hydrogens is 198 g/mol. The predicted octanol–water partition coefficient (Wildman–Crippen LogP) is 3.99. The number of aromatic amines is 1. The first-order chi connectivity index (χ1) is 7.95. The number of H-pyrrole nitrogens is 1. The van der Waals surface area contributed by atoms with Crippen LogP contribution in [0.25, 0.3) is 22.1 Å².